The van der Waals surface area contributed by atoms with Gasteiger partial charge in [-0.2, -0.15) is 0 Å². The number of aryl methyl sites for hydroxylation is 1. The van der Waals surface area contributed by atoms with E-state index in [1.54, 1.807) is 0 Å². The van der Waals surface area contributed by atoms with Crippen LogP contribution in [0.4, 0.5) is 0 Å². The van der Waals surface area contributed by atoms with Gasteiger partial charge < -0.3 is 20.5 Å². The highest BCUT2D eigenvalue weighted by Gasteiger charge is 2.14. The summed E-state index contributed by atoms with van der Waals surface area (Å²) in [6, 6.07) is 4.15. The van der Waals surface area contributed by atoms with E-state index in [0.29, 0.717) is 19.1 Å². The summed E-state index contributed by atoms with van der Waals surface area (Å²) in [6.45, 7) is 8.21. The summed E-state index contributed by atoms with van der Waals surface area (Å²) in [7, 11) is 0. The van der Waals surface area contributed by atoms with E-state index >= 15 is 0 Å². The maximum atomic E-state index is 5.62. The van der Waals surface area contributed by atoms with Crippen LogP contribution in [0.25, 0.3) is 0 Å². The second-order valence-corrected chi connectivity index (χ2v) is 5.24. The van der Waals surface area contributed by atoms with Gasteiger partial charge in [0.25, 0.3) is 0 Å². The summed E-state index contributed by atoms with van der Waals surface area (Å²) in [4.78, 5) is 0. The van der Waals surface area contributed by atoms with Crippen LogP contribution in [0.2, 0.25) is 0 Å². The predicted octanol–water partition coefficient (Wildman–Crippen LogP) is 1.84. The summed E-state index contributed by atoms with van der Waals surface area (Å²) in [5, 5.41) is 3.48. The van der Waals surface area contributed by atoms with Gasteiger partial charge in [0.1, 0.15) is 13.2 Å². The van der Waals surface area contributed by atoms with Crippen LogP contribution in [-0.4, -0.2) is 26.3 Å². The van der Waals surface area contributed by atoms with Gasteiger partial charge in [-0.1, -0.05) is 6.92 Å². The summed E-state index contributed by atoms with van der Waals surface area (Å²) >= 11 is 0. The topological polar surface area (TPSA) is 56.5 Å². The lowest BCUT2D eigenvalue weighted by molar-refractivity contribution is 0.171. The van der Waals surface area contributed by atoms with Gasteiger partial charge in [0.2, 0.25) is 0 Å². The fraction of sp³-hybridized carbons (Fsp3) is 0.600. The molecule has 106 valence electrons. The molecule has 0 spiro atoms. The SMILES string of the molecule is Cc1cc2c(cc1CNCC(C)CCN)OCCO2. The molecule has 1 aromatic rings. The van der Waals surface area contributed by atoms with E-state index < -0.39 is 0 Å². The van der Waals surface area contributed by atoms with Crippen LogP contribution in [0, 0.1) is 12.8 Å². The first-order valence-electron chi connectivity index (χ1n) is 7.00. The van der Waals surface area contributed by atoms with Gasteiger partial charge in [0, 0.05) is 6.54 Å². The smallest absolute Gasteiger partial charge is 0.161 e. The summed E-state index contributed by atoms with van der Waals surface area (Å²) in [6.07, 6.45) is 1.06. The van der Waals surface area contributed by atoms with E-state index in [4.69, 9.17) is 15.2 Å². The summed E-state index contributed by atoms with van der Waals surface area (Å²) < 4.78 is 11.2. The zero-order chi connectivity index (χ0) is 13.7. The Hall–Kier alpha value is -1.26. The molecule has 19 heavy (non-hydrogen) atoms. The molecule has 1 aromatic carbocycles. The first kappa shape index (κ1) is 14.2. The maximum Gasteiger partial charge on any atom is 0.161 e. The van der Waals surface area contributed by atoms with Crippen LogP contribution in [0.15, 0.2) is 12.1 Å². The lowest BCUT2D eigenvalue weighted by Gasteiger charge is -2.20. The molecule has 1 atom stereocenters. The minimum atomic E-state index is 0.613. The molecular weight excluding hydrogens is 240 g/mol. The molecule has 0 amide bonds. The van der Waals surface area contributed by atoms with Crippen LogP contribution in [-0.2, 0) is 6.54 Å². The van der Waals surface area contributed by atoms with E-state index in [9.17, 15) is 0 Å². The third-order valence-electron chi connectivity index (χ3n) is 3.47. The van der Waals surface area contributed by atoms with Crippen LogP contribution in [0.5, 0.6) is 11.5 Å². The van der Waals surface area contributed by atoms with Gasteiger partial charge in [0.05, 0.1) is 0 Å². The average molecular weight is 264 g/mol. The zero-order valence-corrected chi connectivity index (χ0v) is 11.9. The van der Waals surface area contributed by atoms with Crippen molar-refractivity contribution in [3.63, 3.8) is 0 Å². The average Bonchev–Trinajstić information content (AvgIpc) is 2.39. The number of rotatable bonds is 6. The van der Waals surface area contributed by atoms with Crippen LogP contribution in [0.1, 0.15) is 24.5 Å². The molecule has 1 aliphatic heterocycles. The highest BCUT2D eigenvalue weighted by molar-refractivity contribution is 5.47. The van der Waals surface area contributed by atoms with Crippen LogP contribution >= 0.6 is 0 Å². The van der Waals surface area contributed by atoms with E-state index in [1.807, 2.05) is 0 Å². The lowest BCUT2D eigenvalue weighted by Crippen LogP contribution is -2.23. The number of ether oxygens (including phenoxy) is 2. The quantitative estimate of drug-likeness (QED) is 0.823. The van der Waals surface area contributed by atoms with Crippen LogP contribution in [0.3, 0.4) is 0 Å². The van der Waals surface area contributed by atoms with Crippen molar-refractivity contribution in [2.45, 2.75) is 26.8 Å². The Balaban J connectivity index is 1.93. The van der Waals surface area contributed by atoms with E-state index in [-0.39, 0.29) is 0 Å². The third-order valence-corrected chi connectivity index (χ3v) is 3.47. The molecule has 4 heteroatoms. The van der Waals surface area contributed by atoms with Crippen molar-refractivity contribution >= 4 is 0 Å². The molecule has 0 fully saturated rings. The molecule has 1 unspecified atom stereocenters. The number of hydrogen-bond acceptors (Lipinski definition) is 4. The first-order valence-corrected chi connectivity index (χ1v) is 7.00. The van der Waals surface area contributed by atoms with E-state index in [2.05, 4.69) is 31.3 Å². The van der Waals surface area contributed by atoms with Crippen molar-refractivity contribution in [1.29, 1.82) is 0 Å². The molecule has 0 saturated carbocycles. The molecule has 0 aromatic heterocycles. The minimum absolute atomic E-state index is 0.613. The van der Waals surface area contributed by atoms with Gasteiger partial charge in [-0.05, 0) is 55.6 Å². The normalized spacial score (nSPS) is 15.3. The van der Waals surface area contributed by atoms with E-state index in [0.717, 1.165) is 37.6 Å². The standard InChI is InChI=1S/C15H24N2O2/c1-11(3-4-16)9-17-10-13-8-15-14(7-12(13)2)18-5-6-19-15/h7-8,11,17H,3-6,9-10,16H2,1-2H3. The van der Waals surface area contributed by atoms with Crippen molar-refractivity contribution in [2.75, 3.05) is 26.3 Å². The molecule has 4 nitrogen and oxygen atoms in total. The van der Waals surface area contributed by atoms with Crippen molar-refractivity contribution in [1.82, 2.24) is 5.32 Å². The van der Waals surface area contributed by atoms with Gasteiger partial charge >= 0.3 is 0 Å². The third kappa shape index (κ3) is 3.85. The fourth-order valence-electron chi connectivity index (χ4n) is 2.26. The Kier molecular flexibility index (Phi) is 5.05. The molecule has 1 heterocycles. The number of benzene rings is 1. The van der Waals surface area contributed by atoms with Crippen molar-refractivity contribution < 1.29 is 9.47 Å². The molecule has 0 aliphatic carbocycles. The van der Waals surface area contributed by atoms with Gasteiger partial charge in [0.15, 0.2) is 11.5 Å². The Morgan fingerprint density at radius 1 is 1.26 bits per heavy atom. The minimum Gasteiger partial charge on any atom is -0.486 e. The number of hydrogen-bond donors (Lipinski definition) is 2. The van der Waals surface area contributed by atoms with Gasteiger partial charge in [-0.25, -0.2) is 0 Å². The second-order valence-electron chi connectivity index (χ2n) is 5.24. The molecular formula is C15H24N2O2. The summed E-state index contributed by atoms with van der Waals surface area (Å²) in [5.41, 5.74) is 8.06. The van der Waals surface area contributed by atoms with Crippen LogP contribution < -0.4 is 20.5 Å². The Morgan fingerprint density at radius 2 is 1.95 bits per heavy atom. The molecule has 2 rings (SSSR count). The maximum absolute atomic E-state index is 5.62. The van der Waals surface area contributed by atoms with E-state index in [1.165, 1.54) is 11.1 Å². The Labute approximate surface area is 115 Å². The predicted molar refractivity (Wildman–Crippen MR) is 76.7 cm³/mol. The van der Waals surface area contributed by atoms with Crippen molar-refractivity contribution in [2.24, 2.45) is 11.7 Å². The number of nitrogens with two attached hydrogens (primary N) is 1. The molecule has 0 radical (unpaired) electrons. The largest absolute Gasteiger partial charge is 0.486 e. The van der Waals surface area contributed by atoms with Gasteiger partial charge in [-0.15, -0.1) is 0 Å². The van der Waals surface area contributed by atoms with Crippen molar-refractivity contribution in [3.8, 4) is 11.5 Å². The zero-order valence-electron chi connectivity index (χ0n) is 11.9. The summed E-state index contributed by atoms with van der Waals surface area (Å²) in [5.74, 6) is 2.34. The van der Waals surface area contributed by atoms with Gasteiger partial charge in [-0.3, -0.25) is 0 Å². The molecule has 3 N–H and O–H groups in total. The highest BCUT2D eigenvalue weighted by atomic mass is 16.6. The second kappa shape index (κ2) is 6.78. The monoisotopic (exact) mass is 264 g/mol. The Morgan fingerprint density at radius 3 is 2.63 bits per heavy atom. The lowest BCUT2D eigenvalue weighted by atomic mass is 10.1. The molecule has 0 saturated heterocycles. The first-order chi connectivity index (χ1) is 9.20. The number of fused-ring (bicyclic) bond motifs is 1. The molecule has 0 bridgehead atoms. The fourth-order valence-corrected chi connectivity index (χ4v) is 2.26. The molecule has 1 aliphatic rings. The highest BCUT2D eigenvalue weighted by Crippen LogP contribution is 2.32. The Bertz CT molecular complexity index is 421. The number of nitrogens with one attached hydrogen (secondary N) is 1. The van der Waals surface area contributed by atoms with Crippen molar-refractivity contribution in [3.05, 3.63) is 23.3 Å².